The number of fused-ring (bicyclic) bond motifs is 3. The summed E-state index contributed by atoms with van der Waals surface area (Å²) in [5, 5.41) is 9.56. The molecule has 36 heavy (non-hydrogen) atoms. The SMILES string of the molecule is CCCCCCC(C)(C)c1cc(OC(=O)CCCO[N+](=O)[O-])c2c(c1)OC(C)(C)C1CC=C(C)CC21. The van der Waals surface area contributed by atoms with Crippen molar-refractivity contribution in [2.24, 2.45) is 5.92 Å². The number of nitrogens with zero attached hydrogens (tertiary/aromatic N) is 1. The van der Waals surface area contributed by atoms with Gasteiger partial charge in [0.25, 0.3) is 5.09 Å². The minimum Gasteiger partial charge on any atom is -0.487 e. The molecule has 2 aliphatic rings. The van der Waals surface area contributed by atoms with Crippen LogP contribution in [0.3, 0.4) is 0 Å². The molecule has 1 heterocycles. The molecule has 0 saturated heterocycles. The molecule has 0 spiro atoms. The van der Waals surface area contributed by atoms with E-state index in [0.717, 1.165) is 42.6 Å². The lowest BCUT2D eigenvalue weighted by molar-refractivity contribution is -0.757. The van der Waals surface area contributed by atoms with Crippen molar-refractivity contribution in [3.63, 3.8) is 0 Å². The first-order valence-electron chi connectivity index (χ1n) is 13.5. The molecule has 0 bridgehead atoms. The van der Waals surface area contributed by atoms with Crippen LogP contribution in [0.4, 0.5) is 0 Å². The highest BCUT2D eigenvalue weighted by Gasteiger charge is 2.46. The van der Waals surface area contributed by atoms with Crippen molar-refractivity contribution in [2.75, 3.05) is 6.61 Å². The Bertz CT molecular complexity index is 980. The van der Waals surface area contributed by atoms with Crippen molar-refractivity contribution in [1.82, 2.24) is 0 Å². The van der Waals surface area contributed by atoms with Crippen LogP contribution in [0.2, 0.25) is 0 Å². The summed E-state index contributed by atoms with van der Waals surface area (Å²) in [6, 6.07) is 4.21. The molecule has 0 saturated carbocycles. The quantitative estimate of drug-likeness (QED) is 0.0738. The second-order valence-corrected chi connectivity index (χ2v) is 11.6. The van der Waals surface area contributed by atoms with Gasteiger partial charge in [-0.15, -0.1) is 10.1 Å². The predicted octanol–water partition coefficient (Wildman–Crippen LogP) is 7.44. The topological polar surface area (TPSA) is 87.9 Å². The van der Waals surface area contributed by atoms with E-state index in [1.807, 2.05) is 6.07 Å². The van der Waals surface area contributed by atoms with Gasteiger partial charge in [-0.1, -0.05) is 58.1 Å². The summed E-state index contributed by atoms with van der Waals surface area (Å²) in [6.07, 6.45) is 10.2. The molecule has 7 nitrogen and oxygen atoms in total. The molecular formula is C29H43NO6. The van der Waals surface area contributed by atoms with Gasteiger partial charge in [0.2, 0.25) is 0 Å². The highest BCUT2D eigenvalue weighted by Crippen LogP contribution is 2.55. The van der Waals surface area contributed by atoms with E-state index in [4.69, 9.17) is 9.47 Å². The van der Waals surface area contributed by atoms with Crippen LogP contribution in [0.15, 0.2) is 23.8 Å². The Labute approximate surface area is 215 Å². The Kier molecular flexibility index (Phi) is 9.07. The van der Waals surface area contributed by atoms with Crippen molar-refractivity contribution in [2.45, 2.75) is 116 Å². The monoisotopic (exact) mass is 501 g/mol. The van der Waals surface area contributed by atoms with E-state index in [9.17, 15) is 14.9 Å². The fourth-order valence-corrected chi connectivity index (χ4v) is 5.69. The molecule has 1 aromatic rings. The van der Waals surface area contributed by atoms with Crippen LogP contribution in [-0.2, 0) is 15.0 Å². The van der Waals surface area contributed by atoms with Crippen LogP contribution in [0, 0.1) is 16.0 Å². The number of ether oxygens (including phenoxy) is 2. The zero-order valence-electron chi connectivity index (χ0n) is 22.9. The van der Waals surface area contributed by atoms with E-state index >= 15 is 0 Å². The van der Waals surface area contributed by atoms with Crippen LogP contribution in [0.25, 0.3) is 0 Å². The molecule has 0 aromatic heterocycles. The first-order chi connectivity index (χ1) is 16.9. The number of rotatable bonds is 12. The number of allylic oxidation sites excluding steroid dienone is 2. The number of esters is 1. The van der Waals surface area contributed by atoms with Crippen molar-refractivity contribution < 1.29 is 24.2 Å². The Morgan fingerprint density at radius 2 is 1.97 bits per heavy atom. The van der Waals surface area contributed by atoms with Crippen LogP contribution in [0.1, 0.15) is 116 Å². The minimum absolute atomic E-state index is 0.0482. The summed E-state index contributed by atoms with van der Waals surface area (Å²) in [5.41, 5.74) is 2.99. The highest BCUT2D eigenvalue weighted by molar-refractivity contribution is 5.73. The van der Waals surface area contributed by atoms with Gasteiger partial charge in [0.1, 0.15) is 17.1 Å². The Hall–Kier alpha value is -2.57. The van der Waals surface area contributed by atoms with E-state index in [2.05, 4.69) is 58.5 Å². The van der Waals surface area contributed by atoms with Gasteiger partial charge >= 0.3 is 5.97 Å². The number of benzene rings is 1. The van der Waals surface area contributed by atoms with E-state index in [-0.39, 0.29) is 42.3 Å². The molecule has 0 radical (unpaired) electrons. The average Bonchev–Trinajstić information content (AvgIpc) is 2.78. The molecule has 7 heteroatoms. The number of unbranched alkanes of at least 4 members (excludes halogenated alkanes) is 3. The fraction of sp³-hybridized carbons (Fsp3) is 0.690. The summed E-state index contributed by atoms with van der Waals surface area (Å²) >= 11 is 0. The lowest BCUT2D eigenvalue weighted by atomic mass is 9.66. The van der Waals surface area contributed by atoms with Crippen molar-refractivity contribution >= 4 is 5.97 Å². The Morgan fingerprint density at radius 3 is 2.67 bits per heavy atom. The fourth-order valence-electron chi connectivity index (χ4n) is 5.69. The summed E-state index contributed by atoms with van der Waals surface area (Å²) in [4.78, 5) is 27.5. The first-order valence-corrected chi connectivity index (χ1v) is 13.5. The predicted molar refractivity (Wildman–Crippen MR) is 140 cm³/mol. The van der Waals surface area contributed by atoms with Crippen LogP contribution in [0.5, 0.6) is 11.5 Å². The van der Waals surface area contributed by atoms with Gasteiger partial charge in [-0.2, -0.15) is 0 Å². The normalized spacial score (nSPS) is 20.4. The Morgan fingerprint density at radius 1 is 1.22 bits per heavy atom. The van der Waals surface area contributed by atoms with E-state index in [0.29, 0.717) is 5.75 Å². The summed E-state index contributed by atoms with van der Waals surface area (Å²) < 4.78 is 12.6. The third-order valence-electron chi connectivity index (χ3n) is 7.87. The molecular weight excluding hydrogens is 458 g/mol. The molecule has 200 valence electrons. The maximum Gasteiger partial charge on any atom is 0.311 e. The third-order valence-corrected chi connectivity index (χ3v) is 7.87. The summed E-state index contributed by atoms with van der Waals surface area (Å²) in [5.74, 6) is 1.47. The molecule has 0 amide bonds. The maximum absolute atomic E-state index is 12.8. The van der Waals surface area contributed by atoms with Crippen molar-refractivity contribution in [3.8, 4) is 11.5 Å². The molecule has 1 aromatic carbocycles. The lowest BCUT2D eigenvalue weighted by Gasteiger charge is -2.47. The molecule has 0 fully saturated rings. The molecule has 1 aliphatic heterocycles. The van der Waals surface area contributed by atoms with Crippen LogP contribution >= 0.6 is 0 Å². The zero-order chi connectivity index (χ0) is 26.5. The second-order valence-electron chi connectivity index (χ2n) is 11.6. The lowest BCUT2D eigenvalue weighted by Crippen LogP contribution is -2.45. The van der Waals surface area contributed by atoms with E-state index in [1.54, 1.807) is 0 Å². The van der Waals surface area contributed by atoms with Gasteiger partial charge in [-0.25, -0.2) is 0 Å². The largest absolute Gasteiger partial charge is 0.487 e. The summed E-state index contributed by atoms with van der Waals surface area (Å²) in [7, 11) is 0. The smallest absolute Gasteiger partial charge is 0.311 e. The molecule has 2 atom stereocenters. The van der Waals surface area contributed by atoms with Crippen molar-refractivity contribution in [3.05, 3.63) is 45.0 Å². The summed E-state index contributed by atoms with van der Waals surface area (Å²) in [6.45, 7) is 13.0. The van der Waals surface area contributed by atoms with E-state index < -0.39 is 11.1 Å². The molecule has 3 rings (SSSR count). The van der Waals surface area contributed by atoms with Crippen LogP contribution in [-0.4, -0.2) is 23.3 Å². The van der Waals surface area contributed by atoms with Gasteiger partial charge in [-0.05, 0) is 69.6 Å². The molecule has 2 unspecified atom stereocenters. The highest BCUT2D eigenvalue weighted by atomic mass is 16.9. The number of carbonyl (C=O) groups is 1. The molecule has 1 aliphatic carbocycles. The van der Waals surface area contributed by atoms with Crippen LogP contribution < -0.4 is 9.47 Å². The van der Waals surface area contributed by atoms with Crippen molar-refractivity contribution in [1.29, 1.82) is 0 Å². The molecule has 0 N–H and O–H groups in total. The van der Waals surface area contributed by atoms with Gasteiger partial charge in [0.05, 0.1) is 6.61 Å². The maximum atomic E-state index is 12.8. The van der Waals surface area contributed by atoms with Gasteiger partial charge < -0.3 is 14.3 Å². The third kappa shape index (κ3) is 6.80. The minimum atomic E-state index is -0.841. The first kappa shape index (κ1) is 28.0. The van der Waals surface area contributed by atoms with Gasteiger partial charge in [0, 0.05) is 23.8 Å². The number of carbonyl (C=O) groups excluding carboxylic acids is 1. The number of hydrogen-bond donors (Lipinski definition) is 0. The number of hydrogen-bond acceptors (Lipinski definition) is 6. The standard InChI is InChI=1S/C29H43NO6/c1-7-8-9-10-15-28(3,4)21-18-24(35-26(31)12-11-16-34-30(32)33)27-22-17-20(2)13-14-23(22)29(5,6)36-25(27)19-21/h13,18-19,22-23H,7-12,14-17H2,1-6H3. The zero-order valence-corrected chi connectivity index (χ0v) is 22.9. The second kappa shape index (κ2) is 11.7. The van der Waals surface area contributed by atoms with E-state index in [1.165, 1.54) is 24.8 Å². The van der Waals surface area contributed by atoms with Gasteiger partial charge in [-0.3, -0.25) is 4.79 Å². The Balaban J connectivity index is 1.95. The average molecular weight is 502 g/mol. The van der Waals surface area contributed by atoms with Gasteiger partial charge in [0.15, 0.2) is 0 Å².